The van der Waals surface area contributed by atoms with Crippen LogP contribution in [0.1, 0.15) is 25.5 Å². The third-order valence-corrected chi connectivity index (χ3v) is 6.53. The Morgan fingerprint density at radius 1 is 1.35 bits per heavy atom. The molecule has 1 aromatic carbocycles. The summed E-state index contributed by atoms with van der Waals surface area (Å²) in [6.45, 7) is 6.16. The number of piperazine rings is 1. The lowest BCUT2D eigenvalue weighted by Crippen LogP contribution is -2.57. The van der Waals surface area contributed by atoms with E-state index in [1.165, 1.54) is 24.2 Å². The third-order valence-electron chi connectivity index (χ3n) is 5.53. The average Bonchev–Trinajstić information content (AvgIpc) is 3.25. The molecule has 1 spiro atoms. The van der Waals surface area contributed by atoms with Crippen LogP contribution in [0.4, 0.5) is 5.69 Å². The molecule has 3 aromatic rings. The number of anilines is 1. The minimum Gasteiger partial charge on any atom is -0.422 e. The normalized spacial score (nSPS) is 21.5. The first kappa shape index (κ1) is 16.0. The lowest BCUT2D eigenvalue weighted by molar-refractivity contribution is 0.391. The summed E-state index contributed by atoms with van der Waals surface area (Å²) in [4.78, 5) is 19.3. The Bertz CT molecular complexity index is 1050. The fourth-order valence-corrected chi connectivity index (χ4v) is 4.55. The molecular formula is C20H21N3O2S. The van der Waals surface area contributed by atoms with Crippen molar-refractivity contribution in [3.05, 3.63) is 45.8 Å². The van der Waals surface area contributed by atoms with Crippen molar-refractivity contribution in [1.29, 1.82) is 0 Å². The van der Waals surface area contributed by atoms with E-state index in [9.17, 15) is 4.79 Å². The van der Waals surface area contributed by atoms with Gasteiger partial charge in [-0.15, -0.1) is 11.3 Å². The van der Waals surface area contributed by atoms with Gasteiger partial charge in [0.25, 0.3) is 0 Å². The Morgan fingerprint density at radius 3 is 2.92 bits per heavy atom. The lowest BCUT2D eigenvalue weighted by atomic mass is 10.1. The lowest BCUT2D eigenvalue weighted by Gasteiger charge is -2.41. The summed E-state index contributed by atoms with van der Waals surface area (Å²) in [6.07, 6.45) is 2.49. The molecule has 1 saturated heterocycles. The molecule has 0 amide bonds. The number of aryl methyl sites for hydroxylation is 1. The van der Waals surface area contributed by atoms with Crippen LogP contribution >= 0.6 is 11.3 Å². The predicted molar refractivity (Wildman–Crippen MR) is 105 cm³/mol. The van der Waals surface area contributed by atoms with Crippen LogP contribution in [0.25, 0.3) is 21.5 Å². The summed E-state index contributed by atoms with van der Waals surface area (Å²) < 4.78 is 5.66. The highest BCUT2D eigenvalue weighted by Crippen LogP contribution is 2.40. The van der Waals surface area contributed by atoms with Crippen molar-refractivity contribution in [1.82, 2.24) is 10.3 Å². The first-order valence-electron chi connectivity index (χ1n) is 9.05. The minimum atomic E-state index is -0.323. The molecule has 5 nitrogen and oxygen atoms in total. The maximum absolute atomic E-state index is 12.5. The van der Waals surface area contributed by atoms with Crippen molar-refractivity contribution >= 4 is 28.0 Å². The molecule has 6 heteroatoms. The van der Waals surface area contributed by atoms with E-state index < -0.39 is 0 Å². The first-order valence-corrected chi connectivity index (χ1v) is 9.93. The smallest absolute Gasteiger partial charge is 0.346 e. The monoisotopic (exact) mass is 367 g/mol. The van der Waals surface area contributed by atoms with Crippen LogP contribution < -0.4 is 15.8 Å². The van der Waals surface area contributed by atoms with Gasteiger partial charge in [-0.25, -0.2) is 9.78 Å². The Kier molecular flexibility index (Phi) is 3.49. The number of hydrogen-bond acceptors (Lipinski definition) is 6. The molecule has 2 aliphatic rings. The highest BCUT2D eigenvalue weighted by atomic mass is 32.1. The Hall–Kier alpha value is -2.18. The van der Waals surface area contributed by atoms with Gasteiger partial charge in [0, 0.05) is 52.9 Å². The Balaban J connectivity index is 1.55. The van der Waals surface area contributed by atoms with Gasteiger partial charge in [-0.05, 0) is 44.9 Å². The van der Waals surface area contributed by atoms with Gasteiger partial charge in [0.15, 0.2) is 0 Å². The number of nitrogens with one attached hydrogen (secondary N) is 1. The van der Waals surface area contributed by atoms with E-state index in [-0.39, 0.29) is 5.63 Å². The van der Waals surface area contributed by atoms with E-state index in [4.69, 9.17) is 4.42 Å². The van der Waals surface area contributed by atoms with Crippen LogP contribution in [0.3, 0.4) is 0 Å². The largest absolute Gasteiger partial charge is 0.422 e. The molecule has 2 fully saturated rings. The molecule has 1 saturated carbocycles. The summed E-state index contributed by atoms with van der Waals surface area (Å²) in [5.41, 5.74) is 3.20. The van der Waals surface area contributed by atoms with Crippen LogP contribution in [-0.4, -0.2) is 29.7 Å². The molecule has 1 N–H and O–H groups in total. The molecule has 134 valence electrons. The van der Waals surface area contributed by atoms with Crippen LogP contribution in [0.2, 0.25) is 0 Å². The molecule has 1 aliphatic heterocycles. The van der Waals surface area contributed by atoms with Gasteiger partial charge in [0.1, 0.15) is 10.6 Å². The fraction of sp³-hybridized carbons (Fsp3) is 0.400. The average molecular weight is 367 g/mol. The van der Waals surface area contributed by atoms with Crippen molar-refractivity contribution in [3.63, 3.8) is 0 Å². The maximum Gasteiger partial charge on any atom is 0.346 e. The van der Waals surface area contributed by atoms with E-state index in [1.54, 1.807) is 0 Å². The van der Waals surface area contributed by atoms with Crippen LogP contribution in [-0.2, 0) is 0 Å². The summed E-state index contributed by atoms with van der Waals surface area (Å²) >= 11 is 1.47. The zero-order chi connectivity index (χ0) is 17.9. The van der Waals surface area contributed by atoms with Crippen LogP contribution in [0.15, 0.2) is 38.9 Å². The van der Waals surface area contributed by atoms with Crippen molar-refractivity contribution in [3.8, 4) is 10.6 Å². The van der Waals surface area contributed by atoms with Crippen LogP contribution in [0.5, 0.6) is 0 Å². The second kappa shape index (κ2) is 5.66. The minimum absolute atomic E-state index is 0.300. The molecule has 26 heavy (non-hydrogen) atoms. The molecule has 1 atom stereocenters. The summed E-state index contributed by atoms with van der Waals surface area (Å²) in [5.74, 6) is 0. The summed E-state index contributed by atoms with van der Waals surface area (Å²) in [5, 5.41) is 7.26. The highest BCUT2D eigenvalue weighted by Gasteiger charge is 2.47. The van der Waals surface area contributed by atoms with Gasteiger partial charge >= 0.3 is 5.63 Å². The molecule has 5 rings (SSSR count). The van der Waals surface area contributed by atoms with Gasteiger partial charge in [-0.1, -0.05) is 0 Å². The SMILES string of the molecule is Cc1csc(-c2cc3ccc(N4CC5(CC5)NC[C@@H]4C)cc3oc2=O)n1. The molecule has 3 heterocycles. The van der Waals surface area contributed by atoms with Gasteiger partial charge in [-0.2, -0.15) is 0 Å². The van der Waals surface area contributed by atoms with Crippen molar-refractivity contribution in [2.75, 3.05) is 18.0 Å². The number of benzene rings is 1. The number of fused-ring (bicyclic) bond motifs is 1. The molecule has 0 bridgehead atoms. The van der Waals surface area contributed by atoms with Crippen LogP contribution in [0, 0.1) is 6.92 Å². The van der Waals surface area contributed by atoms with Crippen molar-refractivity contribution < 1.29 is 4.42 Å². The van der Waals surface area contributed by atoms with E-state index in [0.29, 0.717) is 27.7 Å². The zero-order valence-electron chi connectivity index (χ0n) is 14.9. The topological polar surface area (TPSA) is 58.4 Å². The number of thiazole rings is 1. The Labute approximate surface area is 155 Å². The molecule has 0 radical (unpaired) electrons. The fourth-order valence-electron chi connectivity index (χ4n) is 3.75. The third kappa shape index (κ3) is 2.64. The molecule has 1 aliphatic carbocycles. The number of hydrogen-bond donors (Lipinski definition) is 1. The van der Waals surface area contributed by atoms with Gasteiger partial charge in [0.2, 0.25) is 0 Å². The van der Waals surface area contributed by atoms with Crippen molar-refractivity contribution in [2.24, 2.45) is 0 Å². The maximum atomic E-state index is 12.5. The standard InChI is InChI=1S/C20H21N3O2S/c1-12-10-26-18(22-12)16-7-14-3-4-15(8-17(14)25-19(16)24)23-11-20(5-6-20)21-9-13(23)2/h3-4,7-8,10,13,21H,5-6,9,11H2,1-2H3/t13-/m0/s1. The zero-order valence-corrected chi connectivity index (χ0v) is 15.7. The second-order valence-corrected chi connectivity index (χ2v) is 8.46. The Morgan fingerprint density at radius 2 is 2.19 bits per heavy atom. The summed E-state index contributed by atoms with van der Waals surface area (Å²) in [6, 6.07) is 8.50. The van der Waals surface area contributed by atoms with Gasteiger partial charge in [0.05, 0.1) is 5.56 Å². The number of aromatic nitrogens is 1. The number of nitrogens with zero attached hydrogens (tertiary/aromatic N) is 2. The highest BCUT2D eigenvalue weighted by molar-refractivity contribution is 7.13. The number of rotatable bonds is 2. The van der Waals surface area contributed by atoms with E-state index in [2.05, 4.69) is 28.2 Å². The quantitative estimate of drug-likeness (QED) is 0.702. The van der Waals surface area contributed by atoms with E-state index in [0.717, 1.165) is 29.9 Å². The molecular weight excluding hydrogens is 346 g/mol. The first-order chi connectivity index (χ1) is 12.5. The molecule has 2 aromatic heterocycles. The van der Waals surface area contributed by atoms with Gasteiger partial charge < -0.3 is 14.6 Å². The van der Waals surface area contributed by atoms with E-state index >= 15 is 0 Å². The second-order valence-electron chi connectivity index (χ2n) is 7.60. The summed E-state index contributed by atoms with van der Waals surface area (Å²) in [7, 11) is 0. The predicted octanol–water partition coefficient (Wildman–Crippen LogP) is 3.56. The molecule has 0 unspecified atom stereocenters. The van der Waals surface area contributed by atoms with Crippen molar-refractivity contribution in [2.45, 2.75) is 38.3 Å². The van der Waals surface area contributed by atoms with Gasteiger partial charge in [-0.3, -0.25) is 0 Å². The van der Waals surface area contributed by atoms with E-state index in [1.807, 2.05) is 30.5 Å².